The molecule has 11 heteroatoms. The average Bonchev–Trinajstić information content (AvgIpc) is 3.17. The number of aromatic nitrogens is 2. The molecule has 0 unspecified atom stereocenters. The number of sulfonamides is 1. The Morgan fingerprint density at radius 1 is 1.16 bits per heavy atom. The average molecular weight is 493 g/mol. The molecule has 0 aliphatic heterocycles. The molecule has 0 spiro atoms. The van der Waals surface area contributed by atoms with Crippen LogP contribution in [0.5, 0.6) is 5.75 Å². The van der Waals surface area contributed by atoms with Gasteiger partial charge >= 0.3 is 0 Å². The quantitative estimate of drug-likeness (QED) is 0.337. The largest absolute Gasteiger partial charge is 0.491 e. The van der Waals surface area contributed by atoms with Crippen molar-refractivity contribution in [2.45, 2.75) is 30.0 Å². The number of amides is 1. The number of hydrogen-bond acceptors (Lipinski definition) is 8. The normalized spacial score (nSPS) is 11.4. The predicted octanol–water partition coefficient (Wildman–Crippen LogP) is 4.02. The standard InChI is InChI=1S/C21H24N4O4S3/c1-15(2)29-18-11-7-10-17(12-18)25(32(3,27)28)13-19(26)22-20-23-24-21(31-20)30-14-16-8-5-4-6-9-16/h4-12,15H,13-14H2,1-3H3,(H,22,23,26). The van der Waals surface area contributed by atoms with Gasteiger partial charge in [-0.3, -0.25) is 14.4 Å². The zero-order chi connectivity index (χ0) is 23.1. The summed E-state index contributed by atoms with van der Waals surface area (Å²) in [7, 11) is -3.70. The first-order valence-corrected chi connectivity index (χ1v) is 13.4. The summed E-state index contributed by atoms with van der Waals surface area (Å²) in [6.07, 6.45) is 0.992. The van der Waals surface area contributed by atoms with Crippen molar-refractivity contribution in [3.05, 3.63) is 60.2 Å². The van der Waals surface area contributed by atoms with Crippen LogP contribution in [0.4, 0.5) is 10.8 Å². The van der Waals surface area contributed by atoms with Crippen molar-refractivity contribution in [3.8, 4) is 5.75 Å². The third-order valence-electron chi connectivity index (χ3n) is 4.02. The van der Waals surface area contributed by atoms with Crippen LogP contribution in [0.15, 0.2) is 58.9 Å². The Balaban J connectivity index is 1.64. The molecule has 0 fully saturated rings. The summed E-state index contributed by atoms with van der Waals surface area (Å²) in [5.74, 6) is 0.747. The molecule has 8 nitrogen and oxygen atoms in total. The lowest BCUT2D eigenvalue weighted by atomic mass is 10.2. The van der Waals surface area contributed by atoms with E-state index in [9.17, 15) is 13.2 Å². The van der Waals surface area contributed by atoms with E-state index in [1.54, 1.807) is 24.3 Å². The first kappa shape index (κ1) is 24.0. The highest BCUT2D eigenvalue weighted by Crippen LogP contribution is 2.28. The van der Waals surface area contributed by atoms with Crippen LogP contribution in [0.2, 0.25) is 0 Å². The Kier molecular flexibility index (Phi) is 8.10. The minimum Gasteiger partial charge on any atom is -0.491 e. The minimum atomic E-state index is -3.70. The number of benzene rings is 2. The molecule has 1 N–H and O–H groups in total. The molecular formula is C21H24N4O4S3. The summed E-state index contributed by atoms with van der Waals surface area (Å²) < 4.78 is 32.1. The maximum absolute atomic E-state index is 12.6. The summed E-state index contributed by atoms with van der Waals surface area (Å²) in [6.45, 7) is 3.36. The van der Waals surface area contributed by atoms with Gasteiger partial charge in [0.25, 0.3) is 0 Å². The maximum atomic E-state index is 12.6. The van der Waals surface area contributed by atoms with Crippen molar-refractivity contribution in [2.75, 3.05) is 22.4 Å². The first-order chi connectivity index (χ1) is 15.2. The fourth-order valence-corrected chi connectivity index (χ4v) is 5.28. The van der Waals surface area contributed by atoms with Gasteiger partial charge < -0.3 is 4.74 Å². The number of thioether (sulfide) groups is 1. The van der Waals surface area contributed by atoms with Gasteiger partial charge in [0.05, 0.1) is 18.0 Å². The number of carbonyl (C=O) groups is 1. The number of hydrogen-bond donors (Lipinski definition) is 1. The molecule has 32 heavy (non-hydrogen) atoms. The van der Waals surface area contributed by atoms with Gasteiger partial charge in [-0.25, -0.2) is 8.42 Å². The molecule has 0 aliphatic rings. The van der Waals surface area contributed by atoms with Gasteiger partial charge in [0, 0.05) is 11.8 Å². The monoisotopic (exact) mass is 492 g/mol. The van der Waals surface area contributed by atoms with Crippen molar-refractivity contribution >= 4 is 49.8 Å². The minimum absolute atomic E-state index is 0.0633. The summed E-state index contributed by atoms with van der Waals surface area (Å²) in [5.41, 5.74) is 1.50. The van der Waals surface area contributed by atoms with Crippen LogP contribution in [0, 0.1) is 0 Å². The molecule has 0 atom stereocenters. The van der Waals surface area contributed by atoms with Crippen LogP contribution in [-0.2, 0) is 20.6 Å². The molecule has 2 aromatic carbocycles. The zero-order valence-corrected chi connectivity index (χ0v) is 20.3. The van der Waals surface area contributed by atoms with Gasteiger partial charge in [-0.15, -0.1) is 10.2 Å². The molecule has 1 amide bonds. The van der Waals surface area contributed by atoms with E-state index >= 15 is 0 Å². The molecule has 1 heterocycles. The van der Waals surface area contributed by atoms with Crippen LogP contribution in [0.1, 0.15) is 19.4 Å². The summed E-state index contributed by atoms with van der Waals surface area (Å²) >= 11 is 2.76. The lowest BCUT2D eigenvalue weighted by Crippen LogP contribution is -2.37. The molecule has 3 rings (SSSR count). The first-order valence-electron chi connectivity index (χ1n) is 9.75. The number of carbonyl (C=O) groups excluding carboxylic acids is 1. The third kappa shape index (κ3) is 7.21. The van der Waals surface area contributed by atoms with E-state index in [0.717, 1.165) is 21.9 Å². The van der Waals surface area contributed by atoms with Gasteiger partial charge in [0.1, 0.15) is 12.3 Å². The highest BCUT2D eigenvalue weighted by atomic mass is 32.2. The van der Waals surface area contributed by atoms with Crippen molar-refractivity contribution in [1.82, 2.24) is 10.2 Å². The van der Waals surface area contributed by atoms with E-state index in [1.165, 1.54) is 23.1 Å². The third-order valence-corrected chi connectivity index (χ3v) is 7.21. The number of anilines is 2. The highest BCUT2D eigenvalue weighted by molar-refractivity contribution is 8.00. The number of ether oxygens (including phenoxy) is 1. The molecule has 0 saturated heterocycles. The predicted molar refractivity (Wildman–Crippen MR) is 129 cm³/mol. The van der Waals surface area contributed by atoms with Gasteiger partial charge in [-0.2, -0.15) is 0 Å². The Bertz CT molecular complexity index is 1150. The van der Waals surface area contributed by atoms with Crippen molar-refractivity contribution in [3.63, 3.8) is 0 Å². The van der Waals surface area contributed by atoms with E-state index in [-0.39, 0.29) is 6.10 Å². The molecule has 0 saturated carbocycles. The van der Waals surface area contributed by atoms with E-state index in [0.29, 0.717) is 20.9 Å². The highest BCUT2D eigenvalue weighted by Gasteiger charge is 2.22. The lowest BCUT2D eigenvalue weighted by Gasteiger charge is -2.22. The number of nitrogens with zero attached hydrogens (tertiary/aromatic N) is 3. The van der Waals surface area contributed by atoms with E-state index < -0.39 is 22.5 Å². The van der Waals surface area contributed by atoms with Gasteiger partial charge in [-0.05, 0) is 31.5 Å². The maximum Gasteiger partial charge on any atom is 0.246 e. The molecule has 0 aliphatic carbocycles. The topological polar surface area (TPSA) is 101 Å². The number of rotatable bonds is 10. The van der Waals surface area contributed by atoms with Crippen molar-refractivity contribution in [2.24, 2.45) is 0 Å². The van der Waals surface area contributed by atoms with E-state index in [1.807, 2.05) is 44.2 Å². The smallest absolute Gasteiger partial charge is 0.246 e. The zero-order valence-electron chi connectivity index (χ0n) is 17.9. The fraction of sp³-hybridized carbons (Fsp3) is 0.286. The molecule has 0 bridgehead atoms. The Morgan fingerprint density at radius 2 is 1.91 bits per heavy atom. The molecular weight excluding hydrogens is 468 g/mol. The van der Waals surface area contributed by atoms with Crippen molar-refractivity contribution in [1.29, 1.82) is 0 Å². The number of nitrogens with one attached hydrogen (secondary N) is 1. The van der Waals surface area contributed by atoms with E-state index in [4.69, 9.17) is 4.74 Å². The van der Waals surface area contributed by atoms with Gasteiger partial charge in [-0.1, -0.05) is 59.5 Å². The molecule has 3 aromatic rings. The second-order valence-corrected chi connectivity index (χ2v) is 11.2. The molecule has 1 aromatic heterocycles. The van der Waals surface area contributed by atoms with Crippen LogP contribution in [0.3, 0.4) is 0 Å². The second kappa shape index (κ2) is 10.8. The van der Waals surface area contributed by atoms with Crippen LogP contribution >= 0.6 is 23.1 Å². The van der Waals surface area contributed by atoms with Crippen LogP contribution < -0.4 is 14.4 Å². The Morgan fingerprint density at radius 3 is 2.59 bits per heavy atom. The molecule has 170 valence electrons. The lowest BCUT2D eigenvalue weighted by molar-refractivity contribution is -0.114. The van der Waals surface area contributed by atoms with Crippen molar-refractivity contribution < 1.29 is 17.9 Å². The molecule has 0 radical (unpaired) electrons. The Labute approximate surface area is 196 Å². The summed E-state index contributed by atoms with van der Waals surface area (Å²) in [6, 6.07) is 16.6. The Hall–Kier alpha value is -2.63. The summed E-state index contributed by atoms with van der Waals surface area (Å²) in [4.78, 5) is 12.6. The fourth-order valence-electron chi connectivity index (χ4n) is 2.71. The van der Waals surface area contributed by atoms with Gasteiger partial charge in [0.2, 0.25) is 21.1 Å². The van der Waals surface area contributed by atoms with E-state index in [2.05, 4.69) is 15.5 Å². The summed E-state index contributed by atoms with van der Waals surface area (Å²) in [5, 5.41) is 11.0. The van der Waals surface area contributed by atoms with Gasteiger partial charge in [0.15, 0.2) is 4.34 Å². The van der Waals surface area contributed by atoms with Crippen LogP contribution in [-0.4, -0.2) is 43.4 Å². The van der Waals surface area contributed by atoms with Crippen LogP contribution in [0.25, 0.3) is 0 Å². The SMILES string of the molecule is CC(C)Oc1cccc(N(CC(=O)Nc2nnc(SCc3ccccc3)s2)S(C)(=O)=O)c1. The second-order valence-electron chi connectivity index (χ2n) is 7.13.